The molecule has 0 saturated carbocycles. The van der Waals surface area contributed by atoms with E-state index in [4.69, 9.17) is 5.26 Å². The van der Waals surface area contributed by atoms with E-state index in [2.05, 4.69) is 40.1 Å². The maximum absolute atomic E-state index is 8.76. The highest BCUT2D eigenvalue weighted by atomic mass is 15.1. The molecular weight excluding hydrogens is 198 g/mol. The number of anilines is 2. The molecule has 1 atom stereocenters. The van der Waals surface area contributed by atoms with Gasteiger partial charge >= 0.3 is 0 Å². The van der Waals surface area contributed by atoms with Crippen LogP contribution in [0.1, 0.15) is 6.92 Å². The van der Waals surface area contributed by atoms with Gasteiger partial charge in [0.2, 0.25) is 0 Å². The summed E-state index contributed by atoms with van der Waals surface area (Å²) >= 11 is 0. The van der Waals surface area contributed by atoms with Crippen LogP contribution in [0, 0.1) is 17.2 Å². The van der Waals surface area contributed by atoms with Gasteiger partial charge in [-0.15, -0.1) is 0 Å². The second kappa shape index (κ2) is 5.41. The van der Waals surface area contributed by atoms with E-state index < -0.39 is 0 Å². The minimum Gasteiger partial charge on any atom is -0.378 e. The molecule has 1 rings (SSSR count). The van der Waals surface area contributed by atoms with Gasteiger partial charge in [0.15, 0.2) is 0 Å². The van der Waals surface area contributed by atoms with Crippen LogP contribution < -0.4 is 9.80 Å². The number of hydrogen-bond acceptors (Lipinski definition) is 3. The van der Waals surface area contributed by atoms with Gasteiger partial charge in [-0.25, -0.2) is 0 Å². The van der Waals surface area contributed by atoms with Crippen molar-refractivity contribution in [3.8, 4) is 6.07 Å². The zero-order valence-corrected chi connectivity index (χ0v) is 10.4. The van der Waals surface area contributed by atoms with E-state index in [0.29, 0.717) is 0 Å². The van der Waals surface area contributed by atoms with Crippen LogP contribution in [0.25, 0.3) is 0 Å². The maximum Gasteiger partial charge on any atom is 0.0671 e. The minimum atomic E-state index is 0.0542. The van der Waals surface area contributed by atoms with Gasteiger partial charge < -0.3 is 9.80 Å². The Morgan fingerprint density at radius 1 is 1.12 bits per heavy atom. The lowest BCUT2D eigenvalue weighted by molar-refractivity contribution is 0.716. The van der Waals surface area contributed by atoms with Gasteiger partial charge in [0.05, 0.1) is 12.0 Å². The van der Waals surface area contributed by atoms with Crippen molar-refractivity contribution in [1.82, 2.24) is 0 Å². The highest BCUT2D eigenvalue weighted by Gasteiger charge is 2.06. The monoisotopic (exact) mass is 217 g/mol. The van der Waals surface area contributed by atoms with Crippen molar-refractivity contribution in [2.45, 2.75) is 6.92 Å². The van der Waals surface area contributed by atoms with Crippen LogP contribution >= 0.6 is 0 Å². The lowest BCUT2D eigenvalue weighted by atomic mass is 10.2. The number of benzene rings is 1. The molecule has 0 aliphatic rings. The third-order valence-electron chi connectivity index (χ3n) is 2.57. The molecule has 0 aliphatic carbocycles. The second-order valence-corrected chi connectivity index (χ2v) is 4.32. The molecule has 0 aromatic heterocycles. The molecule has 0 amide bonds. The first-order valence-electron chi connectivity index (χ1n) is 5.42. The Balaban J connectivity index is 2.71. The predicted octanol–water partition coefficient (Wildman–Crippen LogP) is 2.35. The van der Waals surface area contributed by atoms with E-state index >= 15 is 0 Å². The van der Waals surface area contributed by atoms with E-state index in [-0.39, 0.29) is 5.92 Å². The number of nitriles is 1. The Morgan fingerprint density at radius 2 is 1.62 bits per heavy atom. The topological polar surface area (TPSA) is 30.3 Å². The normalized spacial score (nSPS) is 11.7. The largest absolute Gasteiger partial charge is 0.378 e. The van der Waals surface area contributed by atoms with Crippen LogP contribution in [-0.2, 0) is 0 Å². The smallest absolute Gasteiger partial charge is 0.0671 e. The van der Waals surface area contributed by atoms with Gasteiger partial charge in [0.1, 0.15) is 0 Å². The first kappa shape index (κ1) is 12.4. The van der Waals surface area contributed by atoms with Crippen molar-refractivity contribution in [2.24, 2.45) is 5.92 Å². The molecule has 1 unspecified atom stereocenters. The Hall–Kier alpha value is -1.69. The van der Waals surface area contributed by atoms with E-state index in [9.17, 15) is 0 Å². The molecule has 0 fully saturated rings. The lowest BCUT2D eigenvalue weighted by Gasteiger charge is -2.21. The molecule has 86 valence electrons. The summed E-state index contributed by atoms with van der Waals surface area (Å²) in [6, 6.07) is 10.6. The highest BCUT2D eigenvalue weighted by Crippen LogP contribution is 2.19. The van der Waals surface area contributed by atoms with Gasteiger partial charge in [-0.2, -0.15) is 5.26 Å². The molecule has 0 spiro atoms. The van der Waals surface area contributed by atoms with E-state index in [0.717, 1.165) is 12.2 Å². The molecule has 0 saturated heterocycles. The van der Waals surface area contributed by atoms with Crippen molar-refractivity contribution < 1.29 is 0 Å². The van der Waals surface area contributed by atoms with Crippen LogP contribution in [0.4, 0.5) is 11.4 Å². The Morgan fingerprint density at radius 3 is 2.06 bits per heavy atom. The zero-order chi connectivity index (χ0) is 12.1. The summed E-state index contributed by atoms with van der Waals surface area (Å²) in [6.07, 6.45) is 0. The summed E-state index contributed by atoms with van der Waals surface area (Å²) in [6.45, 7) is 2.70. The number of nitrogens with zero attached hydrogens (tertiary/aromatic N) is 3. The fraction of sp³-hybridized carbons (Fsp3) is 0.462. The molecule has 3 nitrogen and oxygen atoms in total. The van der Waals surface area contributed by atoms with Gasteiger partial charge in [-0.1, -0.05) is 0 Å². The summed E-state index contributed by atoms with van der Waals surface area (Å²) < 4.78 is 0. The van der Waals surface area contributed by atoms with E-state index in [1.807, 2.05) is 28.1 Å². The SMILES string of the molecule is CC(C#N)CN(C)c1ccc(N(C)C)cc1. The zero-order valence-electron chi connectivity index (χ0n) is 10.4. The summed E-state index contributed by atoms with van der Waals surface area (Å²) in [5.74, 6) is 0.0542. The molecule has 1 aromatic carbocycles. The third kappa shape index (κ3) is 3.16. The van der Waals surface area contributed by atoms with Crippen LogP contribution in [-0.4, -0.2) is 27.7 Å². The summed E-state index contributed by atoms with van der Waals surface area (Å²) in [5.41, 5.74) is 2.33. The van der Waals surface area contributed by atoms with E-state index in [1.165, 1.54) is 5.69 Å². The first-order valence-corrected chi connectivity index (χ1v) is 5.42. The van der Waals surface area contributed by atoms with Gasteiger partial charge in [0, 0.05) is 39.1 Å². The van der Waals surface area contributed by atoms with E-state index in [1.54, 1.807) is 0 Å². The summed E-state index contributed by atoms with van der Waals surface area (Å²) in [7, 11) is 6.06. The maximum atomic E-state index is 8.76. The van der Waals surface area contributed by atoms with Gasteiger partial charge in [-0.3, -0.25) is 0 Å². The number of hydrogen-bond donors (Lipinski definition) is 0. The Kier molecular flexibility index (Phi) is 4.19. The van der Waals surface area contributed by atoms with Crippen molar-refractivity contribution in [3.63, 3.8) is 0 Å². The average molecular weight is 217 g/mol. The van der Waals surface area contributed by atoms with Crippen molar-refractivity contribution in [2.75, 3.05) is 37.5 Å². The summed E-state index contributed by atoms with van der Waals surface area (Å²) in [4.78, 5) is 4.18. The lowest BCUT2D eigenvalue weighted by Crippen LogP contribution is -2.23. The van der Waals surface area contributed by atoms with Crippen LogP contribution in [0.2, 0.25) is 0 Å². The average Bonchev–Trinajstić information content (AvgIpc) is 2.28. The molecule has 0 radical (unpaired) electrons. The van der Waals surface area contributed by atoms with Crippen LogP contribution in [0.15, 0.2) is 24.3 Å². The molecular formula is C13H19N3. The van der Waals surface area contributed by atoms with Crippen LogP contribution in [0.5, 0.6) is 0 Å². The van der Waals surface area contributed by atoms with Gasteiger partial charge in [0.25, 0.3) is 0 Å². The van der Waals surface area contributed by atoms with Crippen molar-refractivity contribution in [1.29, 1.82) is 5.26 Å². The molecule has 0 aliphatic heterocycles. The Labute approximate surface area is 97.9 Å². The fourth-order valence-electron chi connectivity index (χ4n) is 1.56. The van der Waals surface area contributed by atoms with Crippen molar-refractivity contribution in [3.05, 3.63) is 24.3 Å². The molecule has 0 N–H and O–H groups in total. The second-order valence-electron chi connectivity index (χ2n) is 4.32. The molecule has 1 aromatic rings. The standard InChI is InChI=1S/C13H19N3/c1-11(9-14)10-16(4)13-7-5-12(6-8-13)15(2)3/h5-8,11H,10H2,1-4H3. The summed E-state index contributed by atoms with van der Waals surface area (Å²) in [5, 5.41) is 8.76. The number of rotatable bonds is 4. The fourth-order valence-corrected chi connectivity index (χ4v) is 1.56. The third-order valence-corrected chi connectivity index (χ3v) is 2.57. The molecule has 16 heavy (non-hydrogen) atoms. The predicted molar refractivity (Wildman–Crippen MR) is 68.8 cm³/mol. The molecule has 3 heteroatoms. The van der Waals surface area contributed by atoms with Gasteiger partial charge in [-0.05, 0) is 31.2 Å². The quantitative estimate of drug-likeness (QED) is 0.775. The first-order chi connectivity index (χ1) is 7.54. The highest BCUT2D eigenvalue weighted by molar-refractivity contribution is 5.55. The van der Waals surface area contributed by atoms with Crippen LogP contribution in [0.3, 0.4) is 0 Å². The minimum absolute atomic E-state index is 0.0542. The van der Waals surface area contributed by atoms with Crippen molar-refractivity contribution >= 4 is 11.4 Å². The molecule has 0 bridgehead atoms. The Bertz CT molecular complexity index is 362. The molecule has 0 heterocycles.